The minimum absolute atomic E-state index is 0.0504. The number of aromatic nitrogens is 6. The summed E-state index contributed by atoms with van der Waals surface area (Å²) in [7, 11) is 0. The lowest BCUT2D eigenvalue weighted by Gasteiger charge is -2.21. The normalized spacial score (nSPS) is 17.8. The fourth-order valence-corrected chi connectivity index (χ4v) is 4.06. The predicted octanol–water partition coefficient (Wildman–Crippen LogP) is 5.58. The molecule has 2 aliphatic rings. The van der Waals surface area contributed by atoms with Crippen LogP contribution in [0.25, 0.3) is 22.4 Å². The Balaban J connectivity index is 0.000000156. The Morgan fingerprint density at radius 2 is 1.69 bits per heavy atom. The number of aryl methyl sites for hydroxylation is 2. The van der Waals surface area contributed by atoms with E-state index in [2.05, 4.69) is 35.9 Å². The van der Waals surface area contributed by atoms with Crippen LogP contribution in [-0.2, 0) is 4.74 Å². The molecule has 10 heteroatoms. The van der Waals surface area contributed by atoms with Crippen LogP contribution in [0.5, 0.6) is 0 Å². The maximum absolute atomic E-state index is 13.9. The summed E-state index contributed by atoms with van der Waals surface area (Å²) < 4.78 is 48.7. The monoisotopic (exact) mass is 482 g/mol. The molecule has 3 aromatic heterocycles. The van der Waals surface area contributed by atoms with Crippen molar-refractivity contribution in [3.63, 3.8) is 0 Å². The van der Waals surface area contributed by atoms with Gasteiger partial charge in [0.25, 0.3) is 0 Å². The molecule has 0 bridgehead atoms. The lowest BCUT2D eigenvalue weighted by atomic mass is 10.0. The maximum atomic E-state index is 13.9. The van der Waals surface area contributed by atoms with Crippen molar-refractivity contribution in [2.75, 3.05) is 6.61 Å². The van der Waals surface area contributed by atoms with Crippen molar-refractivity contribution in [1.82, 2.24) is 29.7 Å². The molecule has 1 saturated carbocycles. The van der Waals surface area contributed by atoms with Crippen LogP contribution in [0.4, 0.5) is 13.2 Å². The van der Waals surface area contributed by atoms with Crippen LogP contribution in [0.2, 0.25) is 0 Å². The van der Waals surface area contributed by atoms with Gasteiger partial charge in [-0.1, -0.05) is 0 Å². The number of nitrogens with zero attached hydrogens (tertiary/aromatic N) is 6. The first-order valence-corrected chi connectivity index (χ1v) is 11.7. The van der Waals surface area contributed by atoms with Gasteiger partial charge in [-0.15, -0.1) is 0 Å². The van der Waals surface area contributed by atoms with Crippen molar-refractivity contribution in [2.24, 2.45) is 0 Å². The molecule has 2 fully saturated rings. The van der Waals surface area contributed by atoms with Crippen molar-refractivity contribution in [3.8, 4) is 11.3 Å². The SMILES string of the molecule is Cc1nc2ncnc(-c3c(F)cc(F)cc3F)c2nc1C.c1nn(C2CC2)cc1C1CCCCO1. The summed E-state index contributed by atoms with van der Waals surface area (Å²) in [6, 6.07) is 1.88. The number of ether oxygens (including phenoxy) is 1. The van der Waals surface area contributed by atoms with Crippen LogP contribution < -0.4 is 0 Å². The molecular formula is C25H25F3N6O. The van der Waals surface area contributed by atoms with Crippen molar-refractivity contribution in [3.05, 3.63) is 65.3 Å². The Bertz CT molecular complexity index is 1340. The third-order valence-corrected chi connectivity index (χ3v) is 6.22. The van der Waals surface area contributed by atoms with E-state index in [9.17, 15) is 13.2 Å². The fourth-order valence-electron chi connectivity index (χ4n) is 4.06. The summed E-state index contributed by atoms with van der Waals surface area (Å²) >= 11 is 0. The maximum Gasteiger partial charge on any atom is 0.182 e. The van der Waals surface area contributed by atoms with E-state index < -0.39 is 23.0 Å². The van der Waals surface area contributed by atoms with Gasteiger partial charge in [0.1, 0.15) is 35.0 Å². The van der Waals surface area contributed by atoms with Gasteiger partial charge in [-0.25, -0.2) is 33.1 Å². The van der Waals surface area contributed by atoms with Crippen molar-refractivity contribution < 1.29 is 17.9 Å². The van der Waals surface area contributed by atoms with Crippen LogP contribution in [0.15, 0.2) is 30.9 Å². The summed E-state index contributed by atoms with van der Waals surface area (Å²) in [4.78, 5) is 16.3. The van der Waals surface area contributed by atoms with Gasteiger partial charge in [0.15, 0.2) is 5.65 Å². The van der Waals surface area contributed by atoms with Crippen molar-refractivity contribution >= 4 is 11.2 Å². The van der Waals surface area contributed by atoms with E-state index in [1.165, 1.54) is 31.2 Å². The Kier molecular flexibility index (Phi) is 6.46. The Labute approximate surface area is 200 Å². The molecule has 1 saturated heterocycles. The second-order valence-corrected chi connectivity index (χ2v) is 8.87. The number of fused-ring (bicyclic) bond motifs is 1. The van der Waals surface area contributed by atoms with Crippen molar-refractivity contribution in [1.29, 1.82) is 0 Å². The highest BCUT2D eigenvalue weighted by Gasteiger charge is 2.26. The number of benzene rings is 1. The molecule has 0 N–H and O–H groups in total. The molecule has 0 radical (unpaired) electrons. The predicted molar refractivity (Wildman–Crippen MR) is 123 cm³/mol. The van der Waals surface area contributed by atoms with E-state index in [1.54, 1.807) is 13.8 Å². The zero-order valence-corrected chi connectivity index (χ0v) is 19.5. The number of halogens is 3. The summed E-state index contributed by atoms with van der Waals surface area (Å²) in [6.45, 7) is 4.39. The van der Waals surface area contributed by atoms with Crippen LogP contribution >= 0.6 is 0 Å². The highest BCUT2D eigenvalue weighted by Crippen LogP contribution is 2.36. The quantitative estimate of drug-likeness (QED) is 0.379. The summed E-state index contributed by atoms with van der Waals surface area (Å²) in [5.74, 6) is -3.09. The number of hydrogen-bond acceptors (Lipinski definition) is 6. The molecule has 35 heavy (non-hydrogen) atoms. The van der Waals surface area contributed by atoms with Crippen LogP contribution in [-0.4, -0.2) is 36.3 Å². The fraction of sp³-hybridized carbons (Fsp3) is 0.400. The number of hydrogen-bond donors (Lipinski definition) is 0. The summed E-state index contributed by atoms with van der Waals surface area (Å²) in [5.41, 5.74) is 2.44. The van der Waals surface area contributed by atoms with Gasteiger partial charge < -0.3 is 4.74 Å². The lowest BCUT2D eigenvalue weighted by molar-refractivity contribution is 0.0149. The Morgan fingerprint density at radius 1 is 0.943 bits per heavy atom. The van der Waals surface area contributed by atoms with Gasteiger partial charge in [-0.3, -0.25) is 4.68 Å². The minimum atomic E-state index is -1.05. The van der Waals surface area contributed by atoms with Gasteiger partial charge >= 0.3 is 0 Å². The molecule has 1 aliphatic carbocycles. The first-order valence-electron chi connectivity index (χ1n) is 11.7. The van der Waals surface area contributed by atoms with Crippen molar-refractivity contribution in [2.45, 2.75) is 58.1 Å². The van der Waals surface area contributed by atoms with Gasteiger partial charge in [0, 0.05) is 30.5 Å². The largest absolute Gasteiger partial charge is 0.373 e. The second kappa shape index (κ2) is 9.69. The first-order chi connectivity index (χ1) is 16.9. The molecule has 1 aliphatic heterocycles. The van der Waals surface area contributed by atoms with Gasteiger partial charge in [-0.05, 0) is 46.0 Å². The standard InChI is InChI=1S/C14H9F3N4.C11H16N2O/c1-6-7(2)21-14-13(20-6)12(18-5-19-14)11-9(16)3-8(15)4-10(11)17;1-2-6-14-11(3-1)9-7-12-13(8-9)10-4-5-10/h3-5H,1-2H3;7-8,10-11H,1-6H2. The van der Waals surface area contributed by atoms with Crippen LogP contribution in [0.1, 0.15) is 61.2 Å². The molecule has 182 valence electrons. The lowest BCUT2D eigenvalue weighted by Crippen LogP contribution is -2.10. The summed E-state index contributed by atoms with van der Waals surface area (Å²) in [5, 5.41) is 4.39. The van der Waals surface area contributed by atoms with Crippen LogP contribution in [0.3, 0.4) is 0 Å². The molecule has 4 aromatic rings. The van der Waals surface area contributed by atoms with Crippen LogP contribution in [0, 0.1) is 31.3 Å². The van der Waals surface area contributed by atoms with E-state index in [4.69, 9.17) is 4.74 Å². The molecule has 7 nitrogen and oxygen atoms in total. The highest BCUT2D eigenvalue weighted by molar-refractivity contribution is 5.87. The third-order valence-electron chi connectivity index (χ3n) is 6.22. The molecule has 1 unspecified atom stereocenters. The topological polar surface area (TPSA) is 78.6 Å². The highest BCUT2D eigenvalue weighted by atomic mass is 19.1. The summed E-state index contributed by atoms with van der Waals surface area (Å²) in [6.07, 6.45) is 11.9. The molecule has 1 aromatic carbocycles. The first kappa shape index (κ1) is 23.3. The zero-order valence-electron chi connectivity index (χ0n) is 19.5. The minimum Gasteiger partial charge on any atom is -0.373 e. The van der Waals surface area contributed by atoms with Gasteiger partial charge in [-0.2, -0.15) is 5.10 Å². The zero-order chi connectivity index (χ0) is 24.5. The molecule has 0 spiro atoms. The average Bonchev–Trinajstić information content (AvgIpc) is 3.57. The van der Waals surface area contributed by atoms with E-state index in [-0.39, 0.29) is 16.9 Å². The van der Waals surface area contributed by atoms with E-state index >= 15 is 0 Å². The number of rotatable bonds is 3. The molecule has 6 rings (SSSR count). The molecule has 1 atom stereocenters. The second-order valence-electron chi connectivity index (χ2n) is 8.87. The molecular weight excluding hydrogens is 457 g/mol. The molecule has 0 amide bonds. The Hall–Kier alpha value is -3.40. The average molecular weight is 483 g/mol. The van der Waals surface area contributed by atoms with E-state index in [1.807, 2.05) is 6.20 Å². The molecule has 4 heterocycles. The van der Waals surface area contributed by atoms with E-state index in [0.29, 0.717) is 35.7 Å². The third kappa shape index (κ3) is 5.02. The smallest absolute Gasteiger partial charge is 0.182 e. The van der Waals surface area contributed by atoms with Gasteiger partial charge in [0.05, 0.1) is 35.3 Å². The Morgan fingerprint density at radius 3 is 2.37 bits per heavy atom. The van der Waals surface area contributed by atoms with Gasteiger partial charge in [0.2, 0.25) is 0 Å². The van der Waals surface area contributed by atoms with E-state index in [0.717, 1.165) is 19.4 Å².